The molecular formula is C22H24N2O3. The van der Waals surface area contributed by atoms with Gasteiger partial charge in [0.05, 0.1) is 0 Å². The summed E-state index contributed by atoms with van der Waals surface area (Å²) in [4.78, 5) is 36.9. The van der Waals surface area contributed by atoms with Gasteiger partial charge in [0.1, 0.15) is 5.41 Å². The van der Waals surface area contributed by atoms with Crippen LogP contribution in [0.25, 0.3) is 0 Å². The molecule has 0 heterocycles. The van der Waals surface area contributed by atoms with Gasteiger partial charge < -0.3 is 10.6 Å². The number of anilines is 2. The average molecular weight is 364 g/mol. The monoisotopic (exact) mass is 364 g/mol. The van der Waals surface area contributed by atoms with Crippen LogP contribution in [0, 0.1) is 5.41 Å². The normalized spacial score (nSPS) is 14.5. The Bertz CT molecular complexity index is 881. The molecule has 0 bridgehead atoms. The van der Waals surface area contributed by atoms with Gasteiger partial charge >= 0.3 is 0 Å². The fourth-order valence-electron chi connectivity index (χ4n) is 2.95. The van der Waals surface area contributed by atoms with Gasteiger partial charge in [-0.05, 0) is 55.5 Å². The second-order valence-electron chi connectivity index (χ2n) is 7.40. The second-order valence-corrected chi connectivity index (χ2v) is 7.40. The van der Waals surface area contributed by atoms with E-state index in [9.17, 15) is 14.4 Å². The van der Waals surface area contributed by atoms with Crippen molar-refractivity contribution in [2.24, 2.45) is 5.41 Å². The maximum absolute atomic E-state index is 12.7. The van der Waals surface area contributed by atoms with Crippen molar-refractivity contribution in [1.29, 1.82) is 0 Å². The Morgan fingerprint density at radius 3 is 2.00 bits per heavy atom. The number of ketones is 1. The van der Waals surface area contributed by atoms with E-state index >= 15 is 0 Å². The molecule has 0 aliphatic heterocycles. The number of benzene rings is 2. The van der Waals surface area contributed by atoms with Gasteiger partial charge in [-0.15, -0.1) is 0 Å². The summed E-state index contributed by atoms with van der Waals surface area (Å²) in [6.45, 7) is 5.69. The number of Topliss-reactive ketones (excluding diaryl/α,β-unsaturated/α-hetero) is 1. The standard InChI is InChI=1S/C22H24N2O3/c1-14(2)16-7-9-18(10-8-16)23-20(26)22(11-12-22)21(27)24-19-6-4-5-17(13-19)15(3)25/h4-10,13-14H,11-12H2,1-3H3,(H,23,26)(H,24,27). The molecule has 2 aromatic carbocycles. The lowest BCUT2D eigenvalue weighted by atomic mass is 10.0. The SMILES string of the molecule is CC(=O)c1cccc(NC(=O)C2(C(=O)Nc3ccc(C(C)C)cc3)CC2)c1. The van der Waals surface area contributed by atoms with Crippen molar-refractivity contribution in [3.63, 3.8) is 0 Å². The molecule has 2 amide bonds. The minimum atomic E-state index is -1.04. The first-order chi connectivity index (χ1) is 12.8. The molecule has 0 unspecified atom stereocenters. The molecule has 5 heteroatoms. The van der Waals surface area contributed by atoms with Crippen LogP contribution in [0.4, 0.5) is 11.4 Å². The van der Waals surface area contributed by atoms with Crippen LogP contribution in [-0.4, -0.2) is 17.6 Å². The molecule has 27 heavy (non-hydrogen) atoms. The third-order valence-corrected chi connectivity index (χ3v) is 4.98. The van der Waals surface area contributed by atoms with Crippen LogP contribution < -0.4 is 10.6 Å². The number of hydrogen-bond donors (Lipinski definition) is 2. The second kappa shape index (κ2) is 7.35. The fraction of sp³-hybridized carbons (Fsp3) is 0.318. The Balaban J connectivity index is 1.68. The third-order valence-electron chi connectivity index (χ3n) is 4.98. The summed E-state index contributed by atoms with van der Waals surface area (Å²) < 4.78 is 0. The Labute approximate surface area is 159 Å². The van der Waals surface area contributed by atoms with Crippen LogP contribution in [0.2, 0.25) is 0 Å². The van der Waals surface area contributed by atoms with Crippen LogP contribution in [0.1, 0.15) is 55.5 Å². The molecular weight excluding hydrogens is 340 g/mol. The van der Waals surface area contributed by atoms with Gasteiger partial charge in [0.2, 0.25) is 11.8 Å². The van der Waals surface area contributed by atoms with Gasteiger partial charge in [0, 0.05) is 16.9 Å². The summed E-state index contributed by atoms with van der Waals surface area (Å²) in [5.74, 6) is -0.282. The first kappa shape index (κ1) is 18.8. The molecule has 3 rings (SSSR count). The molecule has 1 aliphatic carbocycles. The lowest BCUT2D eigenvalue weighted by molar-refractivity contribution is -0.131. The van der Waals surface area contributed by atoms with Gasteiger partial charge in [-0.2, -0.15) is 0 Å². The van der Waals surface area contributed by atoms with E-state index in [-0.39, 0.29) is 17.6 Å². The molecule has 0 atom stereocenters. The van der Waals surface area contributed by atoms with Crippen LogP contribution in [0.3, 0.4) is 0 Å². The number of nitrogens with one attached hydrogen (secondary N) is 2. The molecule has 0 radical (unpaired) electrons. The summed E-state index contributed by atoms with van der Waals surface area (Å²) in [5, 5.41) is 5.63. The van der Waals surface area contributed by atoms with E-state index in [1.165, 1.54) is 12.5 Å². The zero-order chi connectivity index (χ0) is 19.6. The lowest BCUT2D eigenvalue weighted by Gasteiger charge is -2.16. The number of carbonyl (C=O) groups is 3. The Kier molecular flexibility index (Phi) is 5.13. The highest BCUT2D eigenvalue weighted by molar-refractivity contribution is 6.17. The highest BCUT2D eigenvalue weighted by atomic mass is 16.2. The summed E-state index contributed by atoms with van der Waals surface area (Å²) in [6, 6.07) is 14.4. The highest BCUT2D eigenvalue weighted by Crippen LogP contribution is 2.47. The van der Waals surface area contributed by atoms with Crippen molar-refractivity contribution >= 4 is 29.0 Å². The number of carbonyl (C=O) groups excluding carboxylic acids is 3. The van der Waals surface area contributed by atoms with Crippen LogP contribution >= 0.6 is 0 Å². The van der Waals surface area contributed by atoms with Crippen LogP contribution in [-0.2, 0) is 9.59 Å². The number of rotatable bonds is 6. The lowest BCUT2D eigenvalue weighted by Crippen LogP contribution is -2.35. The predicted molar refractivity (Wildman–Crippen MR) is 106 cm³/mol. The molecule has 0 aromatic heterocycles. The van der Waals surface area contributed by atoms with Crippen molar-refractivity contribution < 1.29 is 14.4 Å². The fourth-order valence-corrected chi connectivity index (χ4v) is 2.95. The zero-order valence-corrected chi connectivity index (χ0v) is 15.8. The van der Waals surface area contributed by atoms with Crippen LogP contribution in [0.15, 0.2) is 48.5 Å². The quantitative estimate of drug-likeness (QED) is 0.590. The molecule has 0 saturated heterocycles. The molecule has 0 spiro atoms. The largest absolute Gasteiger partial charge is 0.325 e. The van der Waals surface area contributed by atoms with Crippen molar-refractivity contribution in [3.05, 3.63) is 59.7 Å². The van der Waals surface area contributed by atoms with E-state index in [4.69, 9.17) is 0 Å². The average Bonchev–Trinajstić information content (AvgIpc) is 3.44. The summed E-state index contributed by atoms with van der Waals surface area (Å²) in [7, 11) is 0. The molecule has 140 valence electrons. The van der Waals surface area contributed by atoms with E-state index in [1.54, 1.807) is 24.3 Å². The topological polar surface area (TPSA) is 75.3 Å². The van der Waals surface area contributed by atoms with Gasteiger partial charge in [0.25, 0.3) is 0 Å². The molecule has 2 aromatic rings. The number of hydrogen-bond acceptors (Lipinski definition) is 3. The smallest absolute Gasteiger partial charge is 0.240 e. The van der Waals surface area contributed by atoms with Crippen molar-refractivity contribution in [2.75, 3.05) is 10.6 Å². The Morgan fingerprint density at radius 2 is 1.48 bits per heavy atom. The number of amides is 2. The van der Waals surface area contributed by atoms with Crippen LogP contribution in [0.5, 0.6) is 0 Å². The third kappa shape index (κ3) is 4.08. The van der Waals surface area contributed by atoms with Gasteiger partial charge in [0.15, 0.2) is 5.78 Å². The van der Waals surface area contributed by atoms with Crippen molar-refractivity contribution in [1.82, 2.24) is 0 Å². The van der Waals surface area contributed by atoms with Crippen molar-refractivity contribution in [3.8, 4) is 0 Å². The molecule has 1 aliphatic rings. The molecule has 1 saturated carbocycles. The van der Waals surface area contributed by atoms with E-state index in [2.05, 4.69) is 24.5 Å². The Hall–Kier alpha value is -2.95. The summed E-state index contributed by atoms with van der Waals surface area (Å²) >= 11 is 0. The van der Waals surface area contributed by atoms with E-state index in [1.807, 2.05) is 24.3 Å². The highest BCUT2D eigenvalue weighted by Gasteiger charge is 2.56. The maximum Gasteiger partial charge on any atom is 0.240 e. The van der Waals surface area contributed by atoms with E-state index in [0.717, 1.165) is 0 Å². The minimum Gasteiger partial charge on any atom is -0.325 e. The Morgan fingerprint density at radius 1 is 0.889 bits per heavy atom. The molecule has 2 N–H and O–H groups in total. The van der Waals surface area contributed by atoms with Gasteiger partial charge in [-0.3, -0.25) is 14.4 Å². The van der Waals surface area contributed by atoms with E-state index in [0.29, 0.717) is 35.7 Å². The van der Waals surface area contributed by atoms with E-state index < -0.39 is 5.41 Å². The van der Waals surface area contributed by atoms with Gasteiger partial charge in [-0.1, -0.05) is 38.1 Å². The van der Waals surface area contributed by atoms with Crippen molar-refractivity contribution in [2.45, 2.75) is 39.5 Å². The summed E-state index contributed by atoms with van der Waals surface area (Å²) in [5.41, 5.74) is 1.88. The van der Waals surface area contributed by atoms with Gasteiger partial charge in [-0.25, -0.2) is 0 Å². The predicted octanol–water partition coefficient (Wildman–Crippen LogP) is 4.37. The summed E-state index contributed by atoms with van der Waals surface area (Å²) in [6.07, 6.45) is 1.03. The molecule has 5 nitrogen and oxygen atoms in total. The maximum atomic E-state index is 12.7. The first-order valence-electron chi connectivity index (χ1n) is 9.16. The first-order valence-corrected chi connectivity index (χ1v) is 9.16. The zero-order valence-electron chi connectivity index (χ0n) is 15.8. The minimum absolute atomic E-state index is 0.0742. The molecule has 1 fully saturated rings.